The molecule has 1 fully saturated rings. The van der Waals surface area contributed by atoms with Crippen molar-refractivity contribution < 1.29 is 22.7 Å². The molecule has 0 aliphatic carbocycles. The Morgan fingerprint density at radius 3 is 2.41 bits per heavy atom. The Morgan fingerprint density at radius 2 is 1.79 bits per heavy atom. The van der Waals surface area contributed by atoms with E-state index in [9.17, 15) is 18.0 Å². The van der Waals surface area contributed by atoms with E-state index in [1.165, 1.54) is 6.07 Å². The van der Waals surface area contributed by atoms with E-state index in [1.54, 1.807) is 0 Å². The van der Waals surface area contributed by atoms with E-state index in [0.29, 0.717) is 18.9 Å². The molecule has 0 spiro atoms. The highest BCUT2D eigenvalue weighted by Gasteiger charge is 2.31. The van der Waals surface area contributed by atoms with Crippen LogP contribution in [0.3, 0.4) is 0 Å². The zero-order valence-corrected chi connectivity index (χ0v) is 15.4. The summed E-state index contributed by atoms with van der Waals surface area (Å²) in [6.45, 7) is 3.01. The van der Waals surface area contributed by atoms with Crippen LogP contribution >= 0.6 is 0 Å². The van der Waals surface area contributed by atoms with Gasteiger partial charge in [0.15, 0.2) is 0 Å². The number of fused-ring (bicyclic) bond motifs is 1. The van der Waals surface area contributed by atoms with Crippen molar-refractivity contribution in [2.24, 2.45) is 5.73 Å². The quantitative estimate of drug-likeness (QED) is 0.726. The number of carbonyl (C=O) groups excluding carboxylic acids is 1. The predicted octanol–water partition coefficient (Wildman–Crippen LogP) is 2.88. The van der Waals surface area contributed by atoms with E-state index in [-0.39, 0.29) is 17.8 Å². The predicted molar refractivity (Wildman–Crippen MR) is 101 cm³/mol. The van der Waals surface area contributed by atoms with Crippen molar-refractivity contribution in [3.8, 4) is 0 Å². The van der Waals surface area contributed by atoms with Gasteiger partial charge in [-0.2, -0.15) is 13.2 Å². The van der Waals surface area contributed by atoms with E-state index in [2.05, 4.69) is 9.88 Å². The molecule has 2 N–H and O–H groups in total. The molecule has 152 valence electrons. The Hall–Kier alpha value is -3.07. The normalized spacial score (nSPS) is 15.1. The van der Waals surface area contributed by atoms with E-state index in [1.807, 2.05) is 24.3 Å². The molecule has 0 atom stereocenters. The van der Waals surface area contributed by atoms with Gasteiger partial charge in [-0.1, -0.05) is 12.1 Å². The first kappa shape index (κ1) is 19.3. The summed E-state index contributed by atoms with van der Waals surface area (Å²) in [6, 6.07) is 9.96. The number of imidazole rings is 1. The number of aromatic nitrogens is 2. The summed E-state index contributed by atoms with van der Waals surface area (Å²) in [5.41, 5.74) is 7.08. The molecule has 0 bridgehead atoms. The van der Waals surface area contributed by atoms with Crippen molar-refractivity contribution in [1.82, 2.24) is 9.38 Å². The van der Waals surface area contributed by atoms with Gasteiger partial charge in [0.2, 0.25) is 0 Å². The molecular formula is C20H19F3N4O2. The topological polar surface area (TPSA) is 72.9 Å². The average molecular weight is 404 g/mol. The number of alkyl halides is 3. The highest BCUT2D eigenvalue weighted by atomic mass is 19.4. The maximum atomic E-state index is 13.0. The van der Waals surface area contributed by atoms with Crippen LogP contribution in [0.2, 0.25) is 0 Å². The van der Waals surface area contributed by atoms with Gasteiger partial charge in [-0.25, -0.2) is 4.98 Å². The fraction of sp³-hybridized carbons (Fsp3) is 0.300. The molecule has 1 aliphatic heterocycles. The summed E-state index contributed by atoms with van der Waals surface area (Å²) in [6.07, 6.45) is -3.39. The third-order valence-electron chi connectivity index (χ3n) is 4.94. The van der Waals surface area contributed by atoms with Crippen molar-refractivity contribution >= 4 is 17.2 Å². The summed E-state index contributed by atoms with van der Waals surface area (Å²) in [4.78, 5) is 18.5. The summed E-state index contributed by atoms with van der Waals surface area (Å²) in [5.74, 6) is -0.822. The van der Waals surface area contributed by atoms with Crippen LogP contribution in [0.15, 0.2) is 42.6 Å². The van der Waals surface area contributed by atoms with Crippen LogP contribution in [-0.2, 0) is 17.3 Å². The van der Waals surface area contributed by atoms with Crippen molar-refractivity contribution in [2.45, 2.75) is 12.6 Å². The van der Waals surface area contributed by atoms with Gasteiger partial charge in [0.05, 0.1) is 24.5 Å². The number of morpholine rings is 1. The number of anilines is 1. The van der Waals surface area contributed by atoms with Crippen LogP contribution < -0.4 is 10.6 Å². The largest absolute Gasteiger partial charge is 0.417 e. The third-order valence-corrected chi connectivity index (χ3v) is 4.94. The number of carbonyl (C=O) groups is 1. The van der Waals surface area contributed by atoms with Crippen molar-refractivity contribution in [1.29, 1.82) is 0 Å². The fourth-order valence-corrected chi connectivity index (χ4v) is 3.48. The monoisotopic (exact) mass is 404 g/mol. The van der Waals surface area contributed by atoms with Gasteiger partial charge < -0.3 is 15.4 Å². The third kappa shape index (κ3) is 3.91. The van der Waals surface area contributed by atoms with Gasteiger partial charge in [-0.15, -0.1) is 0 Å². The number of primary amides is 1. The van der Waals surface area contributed by atoms with Crippen LogP contribution in [0.5, 0.6) is 0 Å². The average Bonchev–Trinajstić information content (AvgIpc) is 3.06. The van der Waals surface area contributed by atoms with Crippen LogP contribution in [-0.4, -0.2) is 41.6 Å². The smallest absolute Gasteiger partial charge is 0.378 e. The fourth-order valence-electron chi connectivity index (χ4n) is 3.48. The summed E-state index contributed by atoms with van der Waals surface area (Å²) >= 11 is 0. The van der Waals surface area contributed by atoms with Crippen molar-refractivity contribution in [3.05, 3.63) is 65.1 Å². The second-order valence-electron chi connectivity index (χ2n) is 6.86. The lowest BCUT2D eigenvalue weighted by atomic mass is 10.1. The molecule has 0 radical (unpaired) electrons. The molecule has 29 heavy (non-hydrogen) atoms. The summed E-state index contributed by atoms with van der Waals surface area (Å²) < 4.78 is 45.6. The second kappa shape index (κ2) is 7.40. The van der Waals surface area contributed by atoms with Gasteiger partial charge in [0, 0.05) is 31.4 Å². The second-order valence-corrected chi connectivity index (χ2v) is 6.86. The maximum Gasteiger partial charge on any atom is 0.417 e. The Balaban J connectivity index is 1.65. The Labute approximate surface area is 164 Å². The van der Waals surface area contributed by atoms with E-state index in [0.717, 1.165) is 41.0 Å². The number of halogens is 3. The molecule has 1 saturated heterocycles. The number of amides is 1. The first-order valence-electron chi connectivity index (χ1n) is 9.12. The number of rotatable bonds is 4. The number of hydrogen-bond acceptors (Lipinski definition) is 4. The van der Waals surface area contributed by atoms with E-state index in [4.69, 9.17) is 10.5 Å². The molecular weight excluding hydrogens is 385 g/mol. The molecule has 3 aromatic rings. The van der Waals surface area contributed by atoms with Crippen LogP contribution in [0.1, 0.15) is 27.3 Å². The lowest BCUT2D eigenvalue weighted by molar-refractivity contribution is -0.137. The Bertz CT molecular complexity index is 1040. The van der Waals surface area contributed by atoms with E-state index < -0.39 is 17.6 Å². The standard InChI is InChI=1S/C20H19F3N4O2/c21-20(22,23)14-3-6-17-25-16(18(19(24)28)27(17)12-14)11-13-1-4-15(5-2-13)26-7-9-29-10-8-26/h1-6,12H,7-11H2,(H2,24,28). The number of ether oxygens (including phenoxy) is 1. The summed E-state index contributed by atoms with van der Waals surface area (Å²) in [5, 5.41) is 0. The molecule has 0 unspecified atom stereocenters. The molecule has 0 saturated carbocycles. The molecule has 1 aromatic carbocycles. The number of hydrogen-bond donors (Lipinski definition) is 1. The zero-order valence-electron chi connectivity index (χ0n) is 15.4. The molecule has 4 rings (SSSR count). The molecule has 1 amide bonds. The molecule has 6 nitrogen and oxygen atoms in total. The first-order valence-corrected chi connectivity index (χ1v) is 9.12. The van der Waals surface area contributed by atoms with Crippen molar-refractivity contribution in [2.75, 3.05) is 31.2 Å². The van der Waals surface area contributed by atoms with Crippen LogP contribution in [0.4, 0.5) is 18.9 Å². The van der Waals surface area contributed by atoms with Gasteiger partial charge in [0.25, 0.3) is 5.91 Å². The Kier molecular flexibility index (Phi) is 4.91. The van der Waals surface area contributed by atoms with E-state index >= 15 is 0 Å². The highest BCUT2D eigenvalue weighted by Crippen LogP contribution is 2.30. The Morgan fingerprint density at radius 1 is 1.10 bits per heavy atom. The SMILES string of the molecule is NC(=O)c1c(Cc2ccc(N3CCOCC3)cc2)nc2ccc(C(F)(F)F)cn12. The van der Waals surface area contributed by atoms with Gasteiger partial charge in [-0.3, -0.25) is 9.20 Å². The number of benzene rings is 1. The minimum Gasteiger partial charge on any atom is -0.378 e. The number of pyridine rings is 1. The van der Waals surface area contributed by atoms with Crippen LogP contribution in [0.25, 0.3) is 5.65 Å². The zero-order chi connectivity index (χ0) is 20.6. The van der Waals surface area contributed by atoms with Gasteiger partial charge in [-0.05, 0) is 29.8 Å². The minimum absolute atomic E-state index is 0.0386. The molecule has 9 heteroatoms. The molecule has 3 heterocycles. The first-order chi connectivity index (χ1) is 13.8. The minimum atomic E-state index is -4.52. The lowest BCUT2D eigenvalue weighted by Crippen LogP contribution is -2.36. The number of nitrogens with two attached hydrogens (primary N) is 1. The molecule has 1 aliphatic rings. The summed E-state index contributed by atoms with van der Waals surface area (Å²) in [7, 11) is 0. The highest BCUT2D eigenvalue weighted by molar-refractivity contribution is 5.93. The van der Waals surface area contributed by atoms with Crippen molar-refractivity contribution in [3.63, 3.8) is 0 Å². The maximum absolute atomic E-state index is 13.0. The lowest BCUT2D eigenvalue weighted by Gasteiger charge is -2.28. The van der Waals surface area contributed by atoms with Gasteiger partial charge >= 0.3 is 6.18 Å². The van der Waals surface area contributed by atoms with Gasteiger partial charge in [0.1, 0.15) is 11.3 Å². The molecule has 2 aromatic heterocycles. The number of nitrogens with zero attached hydrogens (tertiary/aromatic N) is 3. The van der Waals surface area contributed by atoms with Crippen LogP contribution in [0, 0.1) is 0 Å².